The van der Waals surface area contributed by atoms with E-state index in [1.165, 1.54) is 18.4 Å². The van der Waals surface area contributed by atoms with Crippen molar-refractivity contribution in [1.82, 2.24) is 18.7 Å². The summed E-state index contributed by atoms with van der Waals surface area (Å²) < 4.78 is 26.7. The molecule has 0 radical (unpaired) electrons. The van der Waals surface area contributed by atoms with Gasteiger partial charge in [0.05, 0.1) is 22.8 Å². The van der Waals surface area contributed by atoms with Crippen molar-refractivity contribution in [3.63, 3.8) is 0 Å². The third-order valence-corrected chi connectivity index (χ3v) is 4.73. The first kappa shape index (κ1) is 14.0. The Hall–Kier alpha value is -1.47. The molecule has 0 aliphatic rings. The smallest absolute Gasteiger partial charge is 0.213 e. The molecule has 0 saturated carbocycles. The van der Waals surface area contributed by atoms with Gasteiger partial charge in [-0.1, -0.05) is 0 Å². The predicted octanol–water partition coefficient (Wildman–Crippen LogP) is 0.780. The van der Waals surface area contributed by atoms with Gasteiger partial charge in [0, 0.05) is 32.9 Å². The summed E-state index contributed by atoms with van der Waals surface area (Å²) in [4.78, 5) is 8.80. The summed E-state index contributed by atoms with van der Waals surface area (Å²) in [5, 5.41) is 0. The molecule has 0 fully saturated rings. The summed E-state index contributed by atoms with van der Waals surface area (Å²) in [6.45, 7) is 3.79. The molecular weight excluding hydrogens is 264 g/mol. The lowest BCUT2D eigenvalue weighted by Crippen LogP contribution is -2.26. The van der Waals surface area contributed by atoms with E-state index >= 15 is 0 Å². The molecule has 0 aliphatic carbocycles. The summed E-state index contributed by atoms with van der Waals surface area (Å²) in [5.74, 6) is 0.0397. The van der Waals surface area contributed by atoms with Crippen LogP contribution in [0.4, 0.5) is 0 Å². The van der Waals surface area contributed by atoms with Gasteiger partial charge in [0.25, 0.3) is 0 Å². The SMILES string of the molecule is Cc1cn2cc(C)nc2c(CCS(=O)(=O)N(C)C)n1. The lowest BCUT2D eigenvalue weighted by molar-refractivity contribution is 0.520. The van der Waals surface area contributed by atoms with E-state index in [1.807, 2.05) is 30.6 Å². The fourth-order valence-electron chi connectivity index (χ4n) is 1.90. The molecule has 0 spiro atoms. The van der Waals surface area contributed by atoms with Crippen molar-refractivity contribution in [2.45, 2.75) is 20.3 Å². The first-order valence-corrected chi connectivity index (χ1v) is 7.62. The zero-order valence-electron chi connectivity index (χ0n) is 11.6. The van der Waals surface area contributed by atoms with Crippen molar-refractivity contribution < 1.29 is 8.42 Å². The van der Waals surface area contributed by atoms with E-state index in [0.29, 0.717) is 6.42 Å². The van der Waals surface area contributed by atoms with Crippen LogP contribution in [0.15, 0.2) is 12.4 Å². The summed E-state index contributed by atoms with van der Waals surface area (Å²) in [7, 11) is -0.143. The lowest BCUT2D eigenvalue weighted by atomic mass is 10.3. The molecule has 2 aromatic heterocycles. The summed E-state index contributed by atoms with van der Waals surface area (Å²) in [6.07, 6.45) is 4.16. The molecule has 2 rings (SSSR count). The number of imidazole rings is 1. The van der Waals surface area contributed by atoms with Gasteiger partial charge in [0.15, 0.2) is 5.65 Å². The van der Waals surface area contributed by atoms with Gasteiger partial charge < -0.3 is 4.40 Å². The van der Waals surface area contributed by atoms with Crippen molar-refractivity contribution >= 4 is 15.7 Å². The average molecular weight is 282 g/mol. The van der Waals surface area contributed by atoms with Gasteiger partial charge in [-0.3, -0.25) is 4.98 Å². The number of aromatic nitrogens is 3. The highest BCUT2D eigenvalue weighted by Crippen LogP contribution is 2.12. The zero-order chi connectivity index (χ0) is 14.2. The maximum Gasteiger partial charge on any atom is 0.213 e. The van der Waals surface area contributed by atoms with Crippen LogP contribution in [0, 0.1) is 13.8 Å². The Morgan fingerprint density at radius 1 is 1.16 bits per heavy atom. The highest BCUT2D eigenvalue weighted by atomic mass is 32.2. The second-order valence-electron chi connectivity index (χ2n) is 4.79. The molecule has 0 saturated heterocycles. The van der Waals surface area contributed by atoms with Crippen molar-refractivity contribution in [1.29, 1.82) is 0 Å². The van der Waals surface area contributed by atoms with Crippen LogP contribution < -0.4 is 0 Å². The Kier molecular flexibility index (Phi) is 3.60. The first-order valence-electron chi connectivity index (χ1n) is 6.01. The summed E-state index contributed by atoms with van der Waals surface area (Å²) in [6, 6.07) is 0. The molecule has 6 nitrogen and oxygen atoms in total. The van der Waals surface area contributed by atoms with E-state index in [0.717, 1.165) is 22.7 Å². The molecule has 0 aliphatic heterocycles. The largest absolute Gasteiger partial charge is 0.303 e. The molecule has 0 amide bonds. The van der Waals surface area contributed by atoms with E-state index < -0.39 is 10.0 Å². The van der Waals surface area contributed by atoms with Crippen molar-refractivity contribution in [2.75, 3.05) is 19.8 Å². The van der Waals surface area contributed by atoms with Crippen LogP contribution in [0.1, 0.15) is 17.1 Å². The molecule has 0 bridgehead atoms. The summed E-state index contributed by atoms with van der Waals surface area (Å²) >= 11 is 0. The van der Waals surface area contributed by atoms with Crippen LogP contribution in [0.2, 0.25) is 0 Å². The second-order valence-corrected chi connectivity index (χ2v) is 7.09. The number of hydrogen-bond acceptors (Lipinski definition) is 4. The van der Waals surface area contributed by atoms with Crippen molar-refractivity contribution in [3.8, 4) is 0 Å². The van der Waals surface area contributed by atoms with Crippen LogP contribution >= 0.6 is 0 Å². The zero-order valence-corrected chi connectivity index (χ0v) is 12.4. The van der Waals surface area contributed by atoms with Gasteiger partial charge in [-0.15, -0.1) is 0 Å². The van der Waals surface area contributed by atoms with Gasteiger partial charge in [0.1, 0.15) is 0 Å². The van der Waals surface area contributed by atoms with Gasteiger partial charge in [0.2, 0.25) is 10.0 Å². The molecule has 2 aromatic rings. The topological polar surface area (TPSA) is 67.6 Å². The third kappa shape index (κ3) is 2.93. The highest BCUT2D eigenvalue weighted by molar-refractivity contribution is 7.89. The number of fused-ring (bicyclic) bond motifs is 1. The highest BCUT2D eigenvalue weighted by Gasteiger charge is 2.16. The fraction of sp³-hybridized carbons (Fsp3) is 0.500. The third-order valence-electron chi connectivity index (χ3n) is 2.90. The predicted molar refractivity (Wildman–Crippen MR) is 73.6 cm³/mol. The van der Waals surface area contributed by atoms with E-state index in [1.54, 1.807) is 0 Å². The summed E-state index contributed by atoms with van der Waals surface area (Å²) in [5.41, 5.74) is 3.20. The Morgan fingerprint density at radius 3 is 2.32 bits per heavy atom. The quantitative estimate of drug-likeness (QED) is 0.831. The van der Waals surface area contributed by atoms with Crippen LogP contribution in [-0.2, 0) is 16.4 Å². The second kappa shape index (κ2) is 4.90. The number of sulfonamides is 1. The fourth-order valence-corrected chi connectivity index (χ4v) is 2.71. The average Bonchev–Trinajstić information content (AvgIpc) is 2.66. The van der Waals surface area contributed by atoms with Crippen LogP contribution in [-0.4, -0.2) is 46.9 Å². The standard InChI is InChI=1S/C12H18N4O2S/c1-9-7-16-8-10(2)14-12(16)11(13-9)5-6-19(17,18)15(3)4/h7-8H,5-6H2,1-4H3. The van der Waals surface area contributed by atoms with Gasteiger partial charge >= 0.3 is 0 Å². The van der Waals surface area contributed by atoms with E-state index in [9.17, 15) is 8.42 Å². The Balaban J connectivity index is 2.35. The number of rotatable bonds is 4. The van der Waals surface area contributed by atoms with Gasteiger partial charge in [-0.25, -0.2) is 17.7 Å². The normalized spacial score (nSPS) is 12.5. The van der Waals surface area contributed by atoms with Crippen LogP contribution in [0.3, 0.4) is 0 Å². The molecular formula is C12H18N4O2S. The minimum atomic E-state index is -3.21. The molecule has 2 heterocycles. The molecule has 0 aromatic carbocycles. The van der Waals surface area contributed by atoms with Crippen LogP contribution in [0.5, 0.6) is 0 Å². The monoisotopic (exact) mass is 282 g/mol. The maximum atomic E-state index is 11.8. The van der Waals surface area contributed by atoms with E-state index in [2.05, 4.69) is 9.97 Å². The minimum absolute atomic E-state index is 0.0397. The number of nitrogens with zero attached hydrogens (tertiary/aromatic N) is 4. The molecule has 19 heavy (non-hydrogen) atoms. The first-order chi connectivity index (χ1) is 8.79. The maximum absolute atomic E-state index is 11.8. The molecule has 0 unspecified atom stereocenters. The van der Waals surface area contributed by atoms with Crippen molar-refractivity contribution in [3.05, 3.63) is 29.5 Å². The van der Waals surface area contributed by atoms with E-state index in [4.69, 9.17) is 0 Å². The van der Waals surface area contributed by atoms with E-state index in [-0.39, 0.29) is 5.75 Å². The minimum Gasteiger partial charge on any atom is -0.303 e. The molecule has 7 heteroatoms. The van der Waals surface area contributed by atoms with Gasteiger partial charge in [-0.05, 0) is 13.8 Å². The Labute approximate surface area is 113 Å². The Bertz CT molecular complexity index is 704. The molecule has 0 atom stereocenters. The lowest BCUT2D eigenvalue weighted by Gasteiger charge is -2.11. The number of hydrogen-bond donors (Lipinski definition) is 0. The molecule has 104 valence electrons. The van der Waals surface area contributed by atoms with Gasteiger partial charge in [-0.2, -0.15) is 0 Å². The number of aryl methyl sites for hydroxylation is 3. The molecule has 0 N–H and O–H groups in total. The van der Waals surface area contributed by atoms with Crippen LogP contribution in [0.25, 0.3) is 5.65 Å². The Morgan fingerprint density at radius 2 is 1.74 bits per heavy atom. The van der Waals surface area contributed by atoms with Crippen molar-refractivity contribution in [2.24, 2.45) is 0 Å².